The van der Waals surface area contributed by atoms with Crippen molar-refractivity contribution < 1.29 is 17.6 Å². The lowest BCUT2D eigenvalue weighted by molar-refractivity contribution is 0.164. The van der Waals surface area contributed by atoms with E-state index in [1.807, 2.05) is 0 Å². The molecule has 0 radical (unpaired) electrons. The Bertz CT molecular complexity index is 1120. The monoisotopic (exact) mass is 428 g/mol. The molecule has 3 aromatic carbocycles. The molecule has 0 N–H and O–H groups in total. The highest BCUT2D eigenvalue weighted by Crippen LogP contribution is 2.45. The van der Waals surface area contributed by atoms with Gasteiger partial charge in [-0.15, -0.1) is 0 Å². The van der Waals surface area contributed by atoms with Crippen LogP contribution in [0.5, 0.6) is 0 Å². The van der Waals surface area contributed by atoms with Gasteiger partial charge in [0.05, 0.1) is 0 Å². The average molecular weight is 429 g/mol. The number of benzene rings is 3. The lowest BCUT2D eigenvalue weighted by Gasteiger charge is -2.37. The minimum absolute atomic E-state index is 0.0225. The van der Waals surface area contributed by atoms with Crippen molar-refractivity contribution in [2.45, 2.75) is 64.2 Å². The molecule has 0 aliphatic heterocycles. The third-order valence-corrected chi connectivity index (χ3v) is 8.02. The Kier molecular flexibility index (Phi) is 5.44. The standard InChI is InChI=1S/C27H28F4/c1-15-2-4-16(5-3-15)17-6-8-18(9-7-17)21-14-20-11-10-19-12-13-22(28)26(30)23(19)24(20)27(31)25(21)29/h10-18H,2-9H2,1H3. The van der Waals surface area contributed by atoms with E-state index >= 15 is 8.78 Å². The van der Waals surface area contributed by atoms with Crippen molar-refractivity contribution in [3.63, 3.8) is 0 Å². The summed E-state index contributed by atoms with van der Waals surface area (Å²) in [6, 6.07) is 7.38. The Morgan fingerprint density at radius 3 is 1.84 bits per heavy atom. The SMILES string of the molecule is CC1CCC(C2CCC(c3cc4ccc5ccc(F)c(F)c5c4c(F)c3F)CC2)CC1. The molecule has 2 fully saturated rings. The first kappa shape index (κ1) is 20.8. The van der Waals surface area contributed by atoms with Crippen molar-refractivity contribution >= 4 is 21.5 Å². The first-order chi connectivity index (χ1) is 14.9. The zero-order chi connectivity index (χ0) is 21.7. The van der Waals surface area contributed by atoms with Crippen LogP contribution in [-0.2, 0) is 0 Å². The molecule has 31 heavy (non-hydrogen) atoms. The van der Waals surface area contributed by atoms with E-state index in [0.29, 0.717) is 22.3 Å². The fourth-order valence-corrected chi connectivity index (χ4v) is 6.15. The van der Waals surface area contributed by atoms with Gasteiger partial charge in [0.25, 0.3) is 0 Å². The van der Waals surface area contributed by atoms with E-state index in [2.05, 4.69) is 6.92 Å². The van der Waals surface area contributed by atoms with E-state index in [4.69, 9.17) is 0 Å². The third-order valence-electron chi connectivity index (χ3n) is 8.02. The smallest absolute Gasteiger partial charge is 0.167 e. The first-order valence-electron chi connectivity index (χ1n) is 11.6. The lowest BCUT2D eigenvalue weighted by atomic mass is 9.68. The zero-order valence-electron chi connectivity index (χ0n) is 17.9. The van der Waals surface area contributed by atoms with Crippen LogP contribution in [-0.4, -0.2) is 0 Å². The maximum Gasteiger partial charge on any atom is 0.167 e. The van der Waals surface area contributed by atoms with Gasteiger partial charge >= 0.3 is 0 Å². The van der Waals surface area contributed by atoms with Gasteiger partial charge in [0.1, 0.15) is 0 Å². The summed E-state index contributed by atoms with van der Waals surface area (Å²) in [5.41, 5.74) is 0.386. The van der Waals surface area contributed by atoms with E-state index in [1.165, 1.54) is 31.7 Å². The third kappa shape index (κ3) is 3.62. The van der Waals surface area contributed by atoms with Crippen LogP contribution >= 0.6 is 0 Å². The number of rotatable bonds is 2. The molecule has 0 aromatic heterocycles. The molecule has 2 saturated carbocycles. The topological polar surface area (TPSA) is 0 Å². The Hall–Kier alpha value is -2.10. The second kappa shape index (κ2) is 8.11. The molecular formula is C27H28F4. The molecule has 5 rings (SSSR count). The van der Waals surface area contributed by atoms with Crippen LogP contribution in [0, 0.1) is 41.0 Å². The maximum atomic E-state index is 15.2. The zero-order valence-corrected chi connectivity index (χ0v) is 17.9. The van der Waals surface area contributed by atoms with Crippen molar-refractivity contribution in [1.29, 1.82) is 0 Å². The quantitative estimate of drug-likeness (QED) is 0.283. The predicted molar refractivity (Wildman–Crippen MR) is 117 cm³/mol. The molecule has 0 spiro atoms. The molecule has 3 aromatic rings. The molecule has 0 nitrogen and oxygen atoms in total. The molecule has 2 aliphatic rings. The molecule has 164 valence electrons. The van der Waals surface area contributed by atoms with Gasteiger partial charge in [-0.1, -0.05) is 38.0 Å². The largest absolute Gasteiger partial charge is 0.204 e. The fraction of sp³-hybridized carbons (Fsp3) is 0.481. The van der Waals surface area contributed by atoms with Crippen LogP contribution in [0.2, 0.25) is 0 Å². The van der Waals surface area contributed by atoms with Crippen molar-refractivity contribution in [3.05, 3.63) is 59.2 Å². The van der Waals surface area contributed by atoms with Crippen LogP contribution in [0.3, 0.4) is 0 Å². The Morgan fingerprint density at radius 1 is 0.613 bits per heavy atom. The van der Waals surface area contributed by atoms with Crippen LogP contribution in [0.15, 0.2) is 30.3 Å². The second-order valence-corrected chi connectivity index (χ2v) is 9.85. The number of hydrogen-bond acceptors (Lipinski definition) is 0. The van der Waals surface area contributed by atoms with E-state index in [1.54, 1.807) is 18.2 Å². The highest BCUT2D eigenvalue weighted by molar-refractivity contribution is 6.08. The van der Waals surface area contributed by atoms with Crippen LogP contribution in [0.4, 0.5) is 17.6 Å². The highest BCUT2D eigenvalue weighted by atomic mass is 19.2. The summed E-state index contributed by atoms with van der Waals surface area (Å²) in [7, 11) is 0. The Balaban J connectivity index is 1.45. The molecule has 0 unspecified atom stereocenters. The van der Waals surface area contributed by atoms with Crippen LogP contribution in [0.1, 0.15) is 69.8 Å². The molecule has 0 atom stereocenters. The number of fused-ring (bicyclic) bond motifs is 3. The lowest BCUT2D eigenvalue weighted by Crippen LogP contribution is -2.25. The van der Waals surface area contributed by atoms with E-state index < -0.39 is 23.3 Å². The van der Waals surface area contributed by atoms with Crippen molar-refractivity contribution in [1.82, 2.24) is 0 Å². The number of hydrogen-bond donors (Lipinski definition) is 0. The van der Waals surface area contributed by atoms with Crippen molar-refractivity contribution in [3.8, 4) is 0 Å². The van der Waals surface area contributed by atoms with E-state index in [9.17, 15) is 8.78 Å². The predicted octanol–water partition coefficient (Wildman–Crippen LogP) is 8.65. The highest BCUT2D eigenvalue weighted by Gasteiger charge is 2.32. The molecular weight excluding hydrogens is 400 g/mol. The van der Waals surface area contributed by atoms with Gasteiger partial charge in [-0.3, -0.25) is 0 Å². The minimum atomic E-state index is -1.13. The first-order valence-corrected chi connectivity index (χ1v) is 11.6. The van der Waals surface area contributed by atoms with E-state index in [-0.39, 0.29) is 16.7 Å². The summed E-state index contributed by atoms with van der Waals surface area (Å²) in [5.74, 6) is -1.87. The van der Waals surface area contributed by atoms with Gasteiger partial charge in [0.2, 0.25) is 0 Å². The summed E-state index contributed by atoms with van der Waals surface area (Å²) in [5, 5.41) is 0.436. The normalized spacial score (nSPS) is 27.1. The maximum absolute atomic E-state index is 15.2. The van der Waals surface area contributed by atoms with Gasteiger partial charge in [-0.05, 0) is 90.7 Å². The fourth-order valence-electron chi connectivity index (χ4n) is 6.15. The van der Waals surface area contributed by atoms with Gasteiger partial charge < -0.3 is 0 Å². The van der Waals surface area contributed by atoms with Gasteiger partial charge in [0, 0.05) is 10.8 Å². The van der Waals surface area contributed by atoms with Crippen molar-refractivity contribution in [2.24, 2.45) is 17.8 Å². The van der Waals surface area contributed by atoms with Gasteiger partial charge in [-0.2, -0.15) is 0 Å². The summed E-state index contributed by atoms with van der Waals surface area (Å²) in [6.45, 7) is 2.33. The van der Waals surface area contributed by atoms with Crippen LogP contribution < -0.4 is 0 Å². The summed E-state index contributed by atoms with van der Waals surface area (Å²) in [4.78, 5) is 0. The summed E-state index contributed by atoms with van der Waals surface area (Å²) in [6.07, 6.45) is 9.03. The van der Waals surface area contributed by atoms with Crippen LogP contribution in [0.25, 0.3) is 21.5 Å². The Labute approximate surface area is 180 Å². The molecule has 2 aliphatic carbocycles. The Morgan fingerprint density at radius 2 is 1.16 bits per heavy atom. The average Bonchev–Trinajstić information content (AvgIpc) is 2.79. The number of halogens is 4. The molecule has 0 amide bonds. The molecule has 0 heterocycles. The van der Waals surface area contributed by atoms with Gasteiger partial charge in [0.15, 0.2) is 23.3 Å². The molecule has 0 saturated heterocycles. The van der Waals surface area contributed by atoms with Gasteiger partial charge in [-0.25, -0.2) is 17.6 Å². The molecule has 0 bridgehead atoms. The van der Waals surface area contributed by atoms with Crippen molar-refractivity contribution in [2.75, 3.05) is 0 Å². The second-order valence-electron chi connectivity index (χ2n) is 9.85. The molecule has 4 heteroatoms. The summed E-state index contributed by atoms with van der Waals surface area (Å²) < 4.78 is 58.6. The summed E-state index contributed by atoms with van der Waals surface area (Å²) >= 11 is 0. The minimum Gasteiger partial charge on any atom is -0.204 e. The van der Waals surface area contributed by atoms with E-state index in [0.717, 1.165) is 43.6 Å².